The lowest BCUT2D eigenvalue weighted by Gasteiger charge is -2.14. The van der Waals surface area contributed by atoms with E-state index in [1.807, 2.05) is 13.0 Å². The average molecular weight is 399 g/mol. The van der Waals surface area contributed by atoms with Gasteiger partial charge in [0.05, 0.1) is 11.6 Å². The molecule has 2 aromatic carbocycles. The van der Waals surface area contributed by atoms with E-state index in [1.54, 1.807) is 30.3 Å². The first-order valence-electron chi connectivity index (χ1n) is 8.17. The summed E-state index contributed by atoms with van der Waals surface area (Å²) in [5.74, 6) is 0.867. The second-order valence-electron chi connectivity index (χ2n) is 5.38. The first kappa shape index (κ1) is 20.2. The van der Waals surface area contributed by atoms with E-state index in [9.17, 15) is 4.79 Å². The van der Waals surface area contributed by atoms with Gasteiger partial charge in [0.15, 0.2) is 11.5 Å². The second kappa shape index (κ2) is 10.1. The number of halogens is 2. The van der Waals surface area contributed by atoms with E-state index in [-0.39, 0.29) is 6.42 Å². The van der Waals surface area contributed by atoms with Crippen molar-refractivity contribution in [3.8, 4) is 17.2 Å². The van der Waals surface area contributed by atoms with Gasteiger partial charge in [0.25, 0.3) is 0 Å². The van der Waals surface area contributed by atoms with Crippen molar-refractivity contribution in [3.05, 3.63) is 52.0 Å². The van der Waals surface area contributed by atoms with Crippen LogP contribution in [0.25, 0.3) is 0 Å². The van der Waals surface area contributed by atoms with Crippen molar-refractivity contribution in [2.75, 3.05) is 19.8 Å². The largest absolute Gasteiger partial charge is 0.490 e. The summed E-state index contributed by atoms with van der Waals surface area (Å²) < 4.78 is 16.9. The lowest BCUT2D eigenvalue weighted by Crippen LogP contribution is -2.10. The van der Waals surface area contributed by atoms with Crippen LogP contribution in [0.1, 0.15) is 18.9 Å². The van der Waals surface area contributed by atoms with Crippen LogP contribution in [-0.4, -0.2) is 30.9 Å². The van der Waals surface area contributed by atoms with Gasteiger partial charge in [-0.05, 0) is 49.2 Å². The number of hydrogen-bond donors (Lipinski definition) is 1. The zero-order valence-electron chi connectivity index (χ0n) is 14.3. The molecule has 0 spiro atoms. The van der Waals surface area contributed by atoms with Gasteiger partial charge in [0.1, 0.15) is 19.0 Å². The topological polar surface area (TPSA) is 65.0 Å². The number of hydrogen-bond acceptors (Lipinski definition) is 4. The molecule has 5 nitrogen and oxygen atoms in total. The first-order valence-corrected chi connectivity index (χ1v) is 8.93. The minimum absolute atomic E-state index is 0.0709. The number of carbonyl (C=O) groups is 1. The maximum absolute atomic E-state index is 10.7. The number of aryl methyl sites for hydroxylation is 1. The van der Waals surface area contributed by atoms with E-state index in [0.29, 0.717) is 53.5 Å². The summed E-state index contributed by atoms with van der Waals surface area (Å²) in [6, 6.07) is 10.4. The van der Waals surface area contributed by atoms with Crippen molar-refractivity contribution in [3.63, 3.8) is 0 Å². The molecule has 0 bridgehead atoms. The molecule has 2 aromatic rings. The molecule has 0 saturated heterocycles. The Kier molecular flexibility index (Phi) is 7.88. The summed E-state index contributed by atoms with van der Waals surface area (Å²) in [5.41, 5.74) is 0.882. The molecule has 7 heteroatoms. The molecular weight excluding hydrogens is 379 g/mol. The molecule has 0 saturated carbocycles. The van der Waals surface area contributed by atoms with Crippen LogP contribution in [0.2, 0.25) is 10.0 Å². The van der Waals surface area contributed by atoms with Crippen molar-refractivity contribution < 1.29 is 24.1 Å². The Morgan fingerprint density at radius 3 is 2.31 bits per heavy atom. The highest BCUT2D eigenvalue weighted by atomic mass is 35.5. The van der Waals surface area contributed by atoms with Crippen LogP contribution >= 0.6 is 23.2 Å². The van der Waals surface area contributed by atoms with Crippen molar-refractivity contribution in [1.82, 2.24) is 0 Å². The predicted octanol–water partition coefficient (Wildman–Crippen LogP) is 4.87. The van der Waals surface area contributed by atoms with Crippen LogP contribution in [0, 0.1) is 0 Å². The Hall–Kier alpha value is -2.11. The molecular formula is C19H20Cl2O5. The minimum atomic E-state index is -0.832. The number of ether oxygens (including phenoxy) is 3. The summed E-state index contributed by atoms with van der Waals surface area (Å²) in [5, 5.41) is 9.77. The number of carboxylic acid groups (broad SMARTS) is 1. The number of rotatable bonds is 10. The van der Waals surface area contributed by atoms with Crippen LogP contribution in [0.5, 0.6) is 17.2 Å². The standard InChI is InChI=1S/C19H20Cl2O5/c1-2-24-18-11-13(4-8-19(22)23)3-6-17(18)26-10-9-25-16-7-5-14(20)12-15(16)21/h3,5-7,11-12H,2,4,8-10H2,1H3,(H,22,23). The van der Waals surface area contributed by atoms with Crippen LogP contribution in [0.4, 0.5) is 0 Å². The highest BCUT2D eigenvalue weighted by Crippen LogP contribution is 2.30. The van der Waals surface area contributed by atoms with E-state index in [2.05, 4.69) is 0 Å². The third-order valence-corrected chi connectivity index (χ3v) is 3.96. The average Bonchev–Trinajstić information content (AvgIpc) is 2.60. The van der Waals surface area contributed by atoms with Crippen molar-refractivity contribution >= 4 is 29.2 Å². The molecule has 0 heterocycles. The fourth-order valence-electron chi connectivity index (χ4n) is 2.24. The van der Waals surface area contributed by atoms with E-state index in [0.717, 1.165) is 5.56 Å². The molecule has 140 valence electrons. The van der Waals surface area contributed by atoms with Crippen molar-refractivity contribution in [2.45, 2.75) is 19.8 Å². The highest BCUT2D eigenvalue weighted by Gasteiger charge is 2.09. The molecule has 0 aliphatic rings. The lowest BCUT2D eigenvalue weighted by molar-refractivity contribution is -0.136. The van der Waals surface area contributed by atoms with E-state index in [4.69, 9.17) is 42.5 Å². The Morgan fingerprint density at radius 2 is 1.65 bits per heavy atom. The molecule has 26 heavy (non-hydrogen) atoms. The maximum Gasteiger partial charge on any atom is 0.303 e. The summed E-state index contributed by atoms with van der Waals surface area (Å²) in [7, 11) is 0. The SMILES string of the molecule is CCOc1cc(CCC(=O)O)ccc1OCCOc1ccc(Cl)cc1Cl. The van der Waals surface area contributed by atoms with Gasteiger partial charge in [0.2, 0.25) is 0 Å². The molecule has 2 rings (SSSR count). The number of carboxylic acids is 1. The van der Waals surface area contributed by atoms with Crippen molar-refractivity contribution in [2.24, 2.45) is 0 Å². The van der Waals surface area contributed by atoms with Crippen LogP contribution in [-0.2, 0) is 11.2 Å². The van der Waals surface area contributed by atoms with E-state index < -0.39 is 5.97 Å². The monoisotopic (exact) mass is 398 g/mol. The predicted molar refractivity (Wildman–Crippen MR) is 101 cm³/mol. The first-order chi connectivity index (χ1) is 12.5. The third kappa shape index (κ3) is 6.32. The Bertz CT molecular complexity index is 749. The van der Waals surface area contributed by atoms with Crippen LogP contribution in [0.15, 0.2) is 36.4 Å². The molecule has 0 unspecified atom stereocenters. The summed E-state index contributed by atoms with van der Waals surface area (Å²) in [6.07, 6.45) is 0.509. The van der Waals surface area contributed by atoms with Gasteiger partial charge in [0, 0.05) is 11.4 Å². The summed E-state index contributed by atoms with van der Waals surface area (Å²) in [6.45, 7) is 2.95. The van der Waals surface area contributed by atoms with Gasteiger partial charge >= 0.3 is 5.97 Å². The molecule has 0 aromatic heterocycles. The zero-order valence-corrected chi connectivity index (χ0v) is 15.8. The van der Waals surface area contributed by atoms with E-state index in [1.165, 1.54) is 0 Å². The number of aliphatic carboxylic acids is 1. The molecule has 0 atom stereocenters. The molecule has 0 amide bonds. The quantitative estimate of drug-likeness (QED) is 0.578. The van der Waals surface area contributed by atoms with E-state index >= 15 is 0 Å². The van der Waals surface area contributed by atoms with Crippen molar-refractivity contribution in [1.29, 1.82) is 0 Å². The maximum atomic E-state index is 10.7. The summed E-state index contributed by atoms with van der Waals surface area (Å²) >= 11 is 11.9. The molecule has 1 N–H and O–H groups in total. The van der Waals surface area contributed by atoms with Gasteiger partial charge in [-0.1, -0.05) is 29.3 Å². The van der Waals surface area contributed by atoms with Gasteiger partial charge in [-0.3, -0.25) is 4.79 Å². The molecule has 0 aliphatic heterocycles. The zero-order chi connectivity index (χ0) is 18.9. The minimum Gasteiger partial charge on any atom is -0.490 e. The fourth-order valence-corrected chi connectivity index (χ4v) is 2.71. The fraction of sp³-hybridized carbons (Fsp3) is 0.316. The molecule has 0 fully saturated rings. The summed E-state index contributed by atoms with van der Waals surface area (Å²) in [4.78, 5) is 10.7. The highest BCUT2D eigenvalue weighted by molar-refractivity contribution is 6.35. The van der Waals surface area contributed by atoms with Crippen LogP contribution < -0.4 is 14.2 Å². The smallest absolute Gasteiger partial charge is 0.303 e. The van der Waals surface area contributed by atoms with Crippen LogP contribution in [0.3, 0.4) is 0 Å². The van der Waals surface area contributed by atoms with Gasteiger partial charge in [-0.15, -0.1) is 0 Å². The normalized spacial score (nSPS) is 10.4. The molecule has 0 radical (unpaired) electrons. The Morgan fingerprint density at radius 1 is 0.962 bits per heavy atom. The molecule has 0 aliphatic carbocycles. The third-order valence-electron chi connectivity index (χ3n) is 3.43. The van der Waals surface area contributed by atoms with Gasteiger partial charge < -0.3 is 19.3 Å². The van der Waals surface area contributed by atoms with Gasteiger partial charge in [-0.25, -0.2) is 0 Å². The Balaban J connectivity index is 1.92. The lowest BCUT2D eigenvalue weighted by atomic mass is 10.1. The van der Waals surface area contributed by atoms with Gasteiger partial charge in [-0.2, -0.15) is 0 Å². The number of benzene rings is 2. The Labute approximate surface area is 162 Å². The second-order valence-corrected chi connectivity index (χ2v) is 6.22.